The van der Waals surface area contributed by atoms with Crippen molar-refractivity contribution in [1.29, 1.82) is 0 Å². The molecule has 0 aromatic heterocycles. The molecule has 0 spiro atoms. The largest absolute Gasteiger partial charge is 0.489 e. The summed E-state index contributed by atoms with van der Waals surface area (Å²) in [6.45, 7) is 0.442. The van der Waals surface area contributed by atoms with Gasteiger partial charge in [-0.3, -0.25) is 9.59 Å². The number of nitrogens with zero attached hydrogens (tertiary/aromatic N) is 1. The van der Waals surface area contributed by atoms with Gasteiger partial charge in [0.05, 0.1) is 6.21 Å². The molecule has 0 bridgehead atoms. The van der Waals surface area contributed by atoms with E-state index >= 15 is 0 Å². The molecule has 35 heavy (non-hydrogen) atoms. The molecule has 0 aliphatic carbocycles. The van der Waals surface area contributed by atoms with Gasteiger partial charge in [0.15, 0.2) is 0 Å². The monoisotopic (exact) mass is 465 g/mol. The number of nitrogens with one attached hydrogen (secondary N) is 2. The molecule has 0 aliphatic rings. The lowest BCUT2D eigenvalue weighted by atomic mass is 10.2. The van der Waals surface area contributed by atoms with Crippen LogP contribution in [0.15, 0.2) is 114 Å². The van der Waals surface area contributed by atoms with Crippen LogP contribution in [-0.2, 0) is 16.2 Å². The van der Waals surface area contributed by atoms with Gasteiger partial charge in [-0.1, -0.05) is 60.7 Å². The van der Waals surface area contributed by atoms with E-state index in [4.69, 9.17) is 9.47 Å². The van der Waals surface area contributed by atoms with E-state index in [1.54, 1.807) is 30.3 Å². The van der Waals surface area contributed by atoms with Crippen LogP contribution in [-0.4, -0.2) is 18.0 Å². The maximum Gasteiger partial charge on any atom is 0.329 e. The number of rotatable bonds is 8. The van der Waals surface area contributed by atoms with Crippen molar-refractivity contribution in [1.82, 2.24) is 5.43 Å². The van der Waals surface area contributed by atoms with Gasteiger partial charge >= 0.3 is 11.8 Å². The molecule has 0 saturated heterocycles. The van der Waals surface area contributed by atoms with Gasteiger partial charge in [0.2, 0.25) is 0 Å². The molecule has 0 unspecified atom stereocenters. The average Bonchev–Trinajstić information content (AvgIpc) is 2.90. The number of para-hydroxylation sites is 1. The molecule has 0 saturated carbocycles. The molecule has 4 aromatic carbocycles. The topological polar surface area (TPSA) is 89.0 Å². The first-order chi connectivity index (χ1) is 17.2. The lowest BCUT2D eigenvalue weighted by Gasteiger charge is -2.07. The Morgan fingerprint density at radius 2 is 1.37 bits per heavy atom. The van der Waals surface area contributed by atoms with E-state index in [0.717, 1.165) is 5.56 Å². The molecule has 2 N–H and O–H groups in total. The highest BCUT2D eigenvalue weighted by Crippen LogP contribution is 2.22. The molecule has 0 radical (unpaired) electrons. The Bertz CT molecular complexity index is 1290. The molecule has 0 fully saturated rings. The maximum atomic E-state index is 12.2. The molecular formula is C28H23N3O4. The number of amides is 2. The van der Waals surface area contributed by atoms with E-state index < -0.39 is 11.8 Å². The predicted octanol–water partition coefficient (Wildman–Crippen LogP) is 5.15. The van der Waals surface area contributed by atoms with Crippen LogP contribution in [0.3, 0.4) is 0 Å². The predicted molar refractivity (Wildman–Crippen MR) is 135 cm³/mol. The summed E-state index contributed by atoms with van der Waals surface area (Å²) in [5, 5.41) is 6.39. The highest BCUT2D eigenvalue weighted by atomic mass is 16.5. The van der Waals surface area contributed by atoms with E-state index in [-0.39, 0.29) is 0 Å². The van der Waals surface area contributed by atoms with Gasteiger partial charge in [-0.25, -0.2) is 5.43 Å². The number of ether oxygens (including phenoxy) is 2. The number of hydrazone groups is 1. The van der Waals surface area contributed by atoms with Crippen molar-refractivity contribution in [3.05, 3.63) is 120 Å². The third kappa shape index (κ3) is 7.30. The number of benzene rings is 4. The summed E-state index contributed by atoms with van der Waals surface area (Å²) in [6.07, 6.45) is 1.44. The van der Waals surface area contributed by atoms with Crippen LogP contribution in [0.5, 0.6) is 17.2 Å². The quantitative estimate of drug-likeness (QED) is 0.214. The first kappa shape index (κ1) is 23.3. The highest BCUT2D eigenvalue weighted by Gasteiger charge is 2.13. The summed E-state index contributed by atoms with van der Waals surface area (Å²) < 4.78 is 11.5. The van der Waals surface area contributed by atoms with Crippen molar-refractivity contribution in [3.8, 4) is 17.2 Å². The van der Waals surface area contributed by atoms with E-state index in [1.807, 2.05) is 78.9 Å². The number of carbonyl (C=O) groups excluding carboxylic acids is 2. The van der Waals surface area contributed by atoms with Crippen LogP contribution in [0.1, 0.15) is 11.1 Å². The second kappa shape index (κ2) is 11.8. The SMILES string of the molecule is O=C(N/N=C\c1cccc(OCc2ccccc2)c1)C(=O)Nc1ccc(Oc2ccccc2)cc1. The molecule has 7 heteroatoms. The maximum absolute atomic E-state index is 12.2. The summed E-state index contributed by atoms with van der Waals surface area (Å²) >= 11 is 0. The lowest BCUT2D eigenvalue weighted by molar-refractivity contribution is -0.136. The Balaban J connectivity index is 1.25. The van der Waals surface area contributed by atoms with E-state index in [1.165, 1.54) is 6.21 Å². The Labute approximate surface area is 203 Å². The van der Waals surface area contributed by atoms with Gasteiger partial charge in [0, 0.05) is 5.69 Å². The average molecular weight is 466 g/mol. The number of hydrogen-bond donors (Lipinski definition) is 2. The molecule has 0 atom stereocenters. The minimum absolute atomic E-state index is 0.442. The van der Waals surface area contributed by atoms with Crippen LogP contribution in [0, 0.1) is 0 Å². The second-order valence-electron chi connectivity index (χ2n) is 7.44. The van der Waals surface area contributed by atoms with Crippen LogP contribution in [0.2, 0.25) is 0 Å². The standard InChI is InChI=1S/C28H23N3O4/c32-27(30-23-14-16-25(17-15-23)35-24-11-5-2-6-12-24)28(33)31-29-19-22-10-7-13-26(18-22)34-20-21-8-3-1-4-9-21/h1-19H,20H2,(H,30,32)(H,31,33)/b29-19-. The van der Waals surface area contributed by atoms with Crippen molar-refractivity contribution < 1.29 is 19.1 Å². The molecule has 174 valence electrons. The van der Waals surface area contributed by atoms with Gasteiger partial charge in [0.1, 0.15) is 23.9 Å². The molecular weight excluding hydrogens is 442 g/mol. The summed E-state index contributed by atoms with van der Waals surface area (Å²) in [4.78, 5) is 24.2. The summed E-state index contributed by atoms with van der Waals surface area (Å²) in [5.41, 5.74) is 4.45. The summed E-state index contributed by atoms with van der Waals surface area (Å²) in [6, 6.07) is 33.1. The molecule has 4 rings (SSSR count). The van der Waals surface area contributed by atoms with E-state index in [2.05, 4.69) is 15.8 Å². The molecule has 0 heterocycles. The number of anilines is 1. The van der Waals surface area contributed by atoms with Gasteiger partial charge in [0.25, 0.3) is 0 Å². The van der Waals surface area contributed by atoms with Gasteiger partial charge in [-0.05, 0) is 59.7 Å². The highest BCUT2D eigenvalue weighted by molar-refractivity contribution is 6.39. The zero-order valence-electron chi connectivity index (χ0n) is 18.8. The number of hydrogen-bond acceptors (Lipinski definition) is 5. The van der Waals surface area contributed by atoms with Crippen molar-refractivity contribution in [2.75, 3.05) is 5.32 Å². The summed E-state index contributed by atoms with van der Waals surface area (Å²) in [5.74, 6) is 0.260. The number of carbonyl (C=O) groups is 2. The van der Waals surface area contributed by atoms with Crippen LogP contribution >= 0.6 is 0 Å². The normalized spacial score (nSPS) is 10.5. The summed E-state index contributed by atoms with van der Waals surface area (Å²) in [7, 11) is 0. The van der Waals surface area contributed by atoms with Crippen LogP contribution in [0.4, 0.5) is 5.69 Å². The minimum atomic E-state index is -0.887. The van der Waals surface area contributed by atoms with Crippen LogP contribution in [0.25, 0.3) is 0 Å². The third-order valence-electron chi connectivity index (χ3n) is 4.78. The fourth-order valence-electron chi connectivity index (χ4n) is 3.06. The van der Waals surface area contributed by atoms with Gasteiger partial charge < -0.3 is 14.8 Å². The molecule has 7 nitrogen and oxygen atoms in total. The second-order valence-corrected chi connectivity index (χ2v) is 7.44. The van der Waals surface area contributed by atoms with Crippen molar-refractivity contribution >= 4 is 23.7 Å². The van der Waals surface area contributed by atoms with Crippen molar-refractivity contribution in [2.45, 2.75) is 6.61 Å². The Morgan fingerprint density at radius 3 is 2.11 bits per heavy atom. The first-order valence-corrected chi connectivity index (χ1v) is 10.9. The Kier molecular flexibility index (Phi) is 7.85. The lowest BCUT2D eigenvalue weighted by Crippen LogP contribution is -2.32. The Morgan fingerprint density at radius 1 is 0.714 bits per heavy atom. The van der Waals surface area contributed by atoms with E-state index in [9.17, 15) is 9.59 Å². The van der Waals surface area contributed by atoms with Gasteiger partial charge in [-0.2, -0.15) is 5.10 Å². The van der Waals surface area contributed by atoms with E-state index in [0.29, 0.717) is 35.1 Å². The fraction of sp³-hybridized carbons (Fsp3) is 0.0357. The van der Waals surface area contributed by atoms with Crippen LogP contribution < -0.4 is 20.2 Å². The molecule has 2 amide bonds. The minimum Gasteiger partial charge on any atom is -0.489 e. The molecule has 0 aliphatic heterocycles. The zero-order valence-corrected chi connectivity index (χ0v) is 18.8. The third-order valence-corrected chi connectivity index (χ3v) is 4.78. The fourth-order valence-corrected chi connectivity index (χ4v) is 3.06. The smallest absolute Gasteiger partial charge is 0.329 e. The Hall–Kier alpha value is -4.91. The van der Waals surface area contributed by atoms with Crippen molar-refractivity contribution in [2.24, 2.45) is 5.10 Å². The van der Waals surface area contributed by atoms with Gasteiger partial charge in [-0.15, -0.1) is 0 Å². The van der Waals surface area contributed by atoms with Crippen molar-refractivity contribution in [3.63, 3.8) is 0 Å². The first-order valence-electron chi connectivity index (χ1n) is 10.9. The zero-order chi connectivity index (χ0) is 24.3. The molecule has 4 aromatic rings.